The second kappa shape index (κ2) is 8.47. The SMILES string of the molecule is O=C(Cn1cnc2c(cnn2-c2ccccc2Cl)c1=O)N1CCN(c2ccccc2)CC1. The van der Waals surface area contributed by atoms with Gasteiger partial charge in [0.05, 0.1) is 16.9 Å². The number of para-hydroxylation sites is 2. The lowest BCUT2D eigenvalue weighted by atomic mass is 10.2. The molecule has 9 heteroatoms. The average Bonchev–Trinajstić information content (AvgIpc) is 3.26. The summed E-state index contributed by atoms with van der Waals surface area (Å²) in [5, 5.41) is 5.14. The van der Waals surface area contributed by atoms with E-state index < -0.39 is 0 Å². The summed E-state index contributed by atoms with van der Waals surface area (Å²) >= 11 is 6.27. The molecule has 0 radical (unpaired) electrons. The van der Waals surface area contributed by atoms with Gasteiger partial charge in [-0.25, -0.2) is 9.67 Å². The highest BCUT2D eigenvalue weighted by Gasteiger charge is 2.22. The predicted molar refractivity (Wildman–Crippen MR) is 123 cm³/mol. The molecule has 1 aliphatic heterocycles. The first-order valence-corrected chi connectivity index (χ1v) is 10.8. The summed E-state index contributed by atoms with van der Waals surface area (Å²) in [5.74, 6) is -0.0977. The first kappa shape index (κ1) is 20.3. The number of piperazine rings is 1. The van der Waals surface area contributed by atoms with Crippen LogP contribution in [0.1, 0.15) is 0 Å². The van der Waals surface area contributed by atoms with Gasteiger partial charge in [0.25, 0.3) is 5.56 Å². The monoisotopic (exact) mass is 448 g/mol. The van der Waals surface area contributed by atoms with Crippen LogP contribution in [0.3, 0.4) is 0 Å². The zero-order chi connectivity index (χ0) is 22.1. The van der Waals surface area contributed by atoms with Gasteiger partial charge in [0.15, 0.2) is 5.65 Å². The normalized spacial score (nSPS) is 14.2. The maximum Gasteiger partial charge on any atom is 0.264 e. The van der Waals surface area contributed by atoms with Gasteiger partial charge in [-0.15, -0.1) is 0 Å². The van der Waals surface area contributed by atoms with E-state index >= 15 is 0 Å². The van der Waals surface area contributed by atoms with E-state index in [-0.39, 0.29) is 18.0 Å². The number of hydrogen-bond acceptors (Lipinski definition) is 5. The summed E-state index contributed by atoms with van der Waals surface area (Å²) in [5.41, 5.74) is 1.90. The topological polar surface area (TPSA) is 76.3 Å². The smallest absolute Gasteiger partial charge is 0.264 e. The lowest BCUT2D eigenvalue weighted by Gasteiger charge is -2.36. The van der Waals surface area contributed by atoms with Crippen molar-refractivity contribution in [1.82, 2.24) is 24.2 Å². The second-order valence-corrected chi connectivity index (χ2v) is 8.03. The Kier molecular flexibility index (Phi) is 5.36. The van der Waals surface area contributed by atoms with Gasteiger partial charge in [-0.2, -0.15) is 5.10 Å². The number of benzene rings is 2. The van der Waals surface area contributed by atoms with Crippen LogP contribution in [0, 0.1) is 0 Å². The Labute approximate surface area is 189 Å². The highest BCUT2D eigenvalue weighted by molar-refractivity contribution is 6.32. The average molecular weight is 449 g/mol. The molecule has 1 saturated heterocycles. The summed E-state index contributed by atoms with van der Waals surface area (Å²) in [6.45, 7) is 2.69. The number of hydrogen-bond donors (Lipinski definition) is 0. The van der Waals surface area contributed by atoms with Crippen LogP contribution < -0.4 is 10.5 Å². The van der Waals surface area contributed by atoms with Crippen molar-refractivity contribution in [1.29, 1.82) is 0 Å². The van der Waals surface area contributed by atoms with E-state index in [1.54, 1.807) is 17.0 Å². The van der Waals surface area contributed by atoms with Crippen LogP contribution in [0.5, 0.6) is 0 Å². The summed E-state index contributed by atoms with van der Waals surface area (Å²) in [4.78, 5) is 34.3. The Balaban J connectivity index is 1.32. The first-order valence-electron chi connectivity index (χ1n) is 10.4. The van der Waals surface area contributed by atoms with Crippen LogP contribution in [0.4, 0.5) is 5.69 Å². The minimum absolute atomic E-state index is 0.0512. The third-order valence-corrected chi connectivity index (χ3v) is 6.01. The molecule has 1 amide bonds. The Morgan fingerprint density at radius 1 is 0.969 bits per heavy atom. The minimum atomic E-state index is -0.301. The molecular weight excluding hydrogens is 428 g/mol. The lowest BCUT2D eigenvalue weighted by molar-refractivity contribution is -0.132. The molecule has 0 N–H and O–H groups in total. The van der Waals surface area contributed by atoms with Crippen molar-refractivity contribution >= 4 is 34.2 Å². The maximum absolute atomic E-state index is 13.0. The van der Waals surface area contributed by atoms with E-state index in [4.69, 9.17) is 11.6 Å². The molecule has 0 saturated carbocycles. The fraction of sp³-hybridized carbons (Fsp3) is 0.217. The van der Waals surface area contributed by atoms with E-state index in [1.165, 1.54) is 21.8 Å². The van der Waals surface area contributed by atoms with Gasteiger partial charge in [0, 0.05) is 31.9 Å². The number of anilines is 1. The molecule has 0 unspecified atom stereocenters. The molecule has 162 valence electrons. The molecule has 3 heterocycles. The van der Waals surface area contributed by atoms with E-state index in [2.05, 4.69) is 27.1 Å². The van der Waals surface area contributed by atoms with Crippen LogP contribution in [0.15, 0.2) is 71.9 Å². The lowest BCUT2D eigenvalue weighted by Crippen LogP contribution is -2.50. The van der Waals surface area contributed by atoms with Crippen LogP contribution in [-0.4, -0.2) is 56.3 Å². The van der Waals surface area contributed by atoms with Gasteiger partial charge in [0.1, 0.15) is 18.3 Å². The summed E-state index contributed by atoms with van der Waals surface area (Å²) < 4.78 is 2.88. The van der Waals surface area contributed by atoms with Gasteiger partial charge in [-0.05, 0) is 24.3 Å². The minimum Gasteiger partial charge on any atom is -0.368 e. The standard InChI is InChI=1S/C23H21ClN6O2/c24-19-8-4-5-9-20(19)30-22-18(14-26-30)23(32)29(16-25-22)15-21(31)28-12-10-27(11-13-28)17-6-2-1-3-7-17/h1-9,14,16H,10-13,15H2. The summed E-state index contributed by atoms with van der Waals surface area (Å²) in [7, 11) is 0. The summed E-state index contributed by atoms with van der Waals surface area (Å²) in [6, 6.07) is 17.4. The van der Waals surface area contributed by atoms with Crippen LogP contribution >= 0.6 is 11.6 Å². The number of nitrogens with zero attached hydrogens (tertiary/aromatic N) is 6. The number of carbonyl (C=O) groups is 1. The Hall–Kier alpha value is -3.65. The fourth-order valence-corrected chi connectivity index (χ4v) is 4.18. The summed E-state index contributed by atoms with van der Waals surface area (Å²) in [6.07, 6.45) is 2.87. The van der Waals surface area contributed by atoms with Crippen molar-refractivity contribution in [3.63, 3.8) is 0 Å². The Morgan fingerprint density at radius 2 is 1.69 bits per heavy atom. The highest BCUT2D eigenvalue weighted by atomic mass is 35.5. The van der Waals surface area contributed by atoms with E-state index in [0.717, 1.165) is 18.8 Å². The van der Waals surface area contributed by atoms with Crippen molar-refractivity contribution in [3.05, 3.63) is 82.5 Å². The van der Waals surface area contributed by atoms with Crippen molar-refractivity contribution in [2.45, 2.75) is 6.54 Å². The number of aromatic nitrogens is 4. The van der Waals surface area contributed by atoms with Crippen LogP contribution in [0.2, 0.25) is 5.02 Å². The van der Waals surface area contributed by atoms with Gasteiger partial charge >= 0.3 is 0 Å². The number of rotatable bonds is 4. The molecule has 32 heavy (non-hydrogen) atoms. The van der Waals surface area contributed by atoms with E-state index in [0.29, 0.717) is 34.8 Å². The number of amides is 1. The molecule has 0 aliphatic carbocycles. The van der Waals surface area contributed by atoms with Crippen LogP contribution in [-0.2, 0) is 11.3 Å². The van der Waals surface area contributed by atoms with Gasteiger partial charge in [-0.3, -0.25) is 14.2 Å². The molecule has 0 spiro atoms. The molecule has 2 aromatic heterocycles. The third-order valence-electron chi connectivity index (χ3n) is 5.69. The Bertz CT molecular complexity index is 1330. The quantitative estimate of drug-likeness (QED) is 0.479. The van der Waals surface area contributed by atoms with E-state index in [1.807, 2.05) is 30.3 Å². The molecule has 4 aromatic rings. The maximum atomic E-state index is 13.0. The molecule has 1 aliphatic rings. The largest absolute Gasteiger partial charge is 0.368 e. The molecule has 0 atom stereocenters. The van der Waals surface area contributed by atoms with Crippen LogP contribution in [0.25, 0.3) is 16.7 Å². The van der Waals surface area contributed by atoms with Gasteiger partial charge in [-0.1, -0.05) is 41.9 Å². The first-order chi connectivity index (χ1) is 15.6. The molecule has 8 nitrogen and oxygen atoms in total. The third kappa shape index (κ3) is 3.73. The van der Waals surface area contributed by atoms with Crippen molar-refractivity contribution < 1.29 is 4.79 Å². The zero-order valence-electron chi connectivity index (χ0n) is 17.3. The van der Waals surface area contributed by atoms with Crippen molar-refractivity contribution in [2.24, 2.45) is 0 Å². The predicted octanol–water partition coefficient (Wildman–Crippen LogP) is 2.58. The molecule has 1 fully saturated rings. The van der Waals surface area contributed by atoms with Crippen molar-refractivity contribution in [3.8, 4) is 5.69 Å². The van der Waals surface area contributed by atoms with Gasteiger partial charge < -0.3 is 9.80 Å². The van der Waals surface area contributed by atoms with Crippen molar-refractivity contribution in [2.75, 3.05) is 31.1 Å². The molecular formula is C23H21ClN6O2. The van der Waals surface area contributed by atoms with Gasteiger partial charge in [0.2, 0.25) is 5.91 Å². The number of halogens is 1. The second-order valence-electron chi connectivity index (χ2n) is 7.63. The molecule has 0 bridgehead atoms. The Morgan fingerprint density at radius 3 is 2.44 bits per heavy atom. The highest BCUT2D eigenvalue weighted by Crippen LogP contribution is 2.22. The number of fused-ring (bicyclic) bond motifs is 1. The molecule has 5 rings (SSSR count). The number of carbonyl (C=O) groups excluding carboxylic acids is 1. The zero-order valence-corrected chi connectivity index (χ0v) is 18.0. The molecule has 2 aromatic carbocycles. The fourth-order valence-electron chi connectivity index (χ4n) is 3.96. The van der Waals surface area contributed by atoms with E-state index in [9.17, 15) is 9.59 Å².